The first kappa shape index (κ1) is 41.7. The van der Waals surface area contributed by atoms with Crippen LogP contribution in [-0.2, 0) is 10.8 Å². The van der Waals surface area contributed by atoms with E-state index in [2.05, 4.69) is 279 Å². The summed E-state index contributed by atoms with van der Waals surface area (Å²) >= 11 is 0. The zero-order chi connectivity index (χ0) is 48.4. The van der Waals surface area contributed by atoms with E-state index < -0.39 is 10.8 Å². The summed E-state index contributed by atoms with van der Waals surface area (Å²) in [5.41, 5.74) is 23.2. The van der Waals surface area contributed by atoms with Crippen molar-refractivity contribution in [2.45, 2.75) is 24.7 Å². The number of para-hydroxylation sites is 2. The average Bonchev–Trinajstić information content (AvgIpc) is 4.06. The molecule has 0 N–H and O–H groups in total. The lowest BCUT2D eigenvalue weighted by Gasteiger charge is -2.39. The smallest absolute Gasteiger partial charge is 0.0714 e. The first-order chi connectivity index (χ1) is 36.0. The van der Waals surface area contributed by atoms with Gasteiger partial charge in [0.15, 0.2) is 0 Å². The van der Waals surface area contributed by atoms with E-state index >= 15 is 0 Å². The van der Waals surface area contributed by atoms with Gasteiger partial charge in [-0.05, 0) is 138 Å². The molecular weight excluding hydrogens is 879 g/mol. The Morgan fingerprint density at radius 1 is 0.260 bits per heavy atom. The topological polar surface area (TPSA) is 4.93 Å². The molecule has 0 amide bonds. The van der Waals surface area contributed by atoms with E-state index in [0.717, 1.165) is 5.69 Å². The molecule has 342 valence electrons. The van der Waals surface area contributed by atoms with Gasteiger partial charge in [0, 0.05) is 16.5 Å². The first-order valence-electron chi connectivity index (χ1n) is 25.7. The van der Waals surface area contributed by atoms with Crippen molar-refractivity contribution in [3.05, 3.63) is 316 Å². The second kappa shape index (κ2) is 15.7. The van der Waals surface area contributed by atoms with Crippen molar-refractivity contribution in [2.24, 2.45) is 0 Å². The van der Waals surface area contributed by atoms with Crippen LogP contribution in [0.5, 0.6) is 0 Å². The van der Waals surface area contributed by atoms with E-state index in [1.54, 1.807) is 0 Å². The summed E-state index contributed by atoms with van der Waals surface area (Å²) in [5.74, 6) is 0. The Morgan fingerprint density at radius 2 is 0.562 bits per heavy atom. The minimum Gasteiger partial charge on any atom is -0.309 e. The lowest BCUT2D eigenvalue weighted by atomic mass is 9.62. The number of rotatable bonds is 7. The summed E-state index contributed by atoms with van der Waals surface area (Å²) in [6.45, 7) is 4.61. The molecule has 0 radical (unpaired) electrons. The van der Waals surface area contributed by atoms with Gasteiger partial charge in [-0.2, -0.15) is 0 Å². The number of hydrogen-bond donors (Lipinski definition) is 0. The van der Waals surface area contributed by atoms with Crippen LogP contribution < -0.4 is 0 Å². The zero-order valence-electron chi connectivity index (χ0n) is 40.8. The van der Waals surface area contributed by atoms with Crippen molar-refractivity contribution in [2.75, 3.05) is 0 Å². The summed E-state index contributed by atoms with van der Waals surface area (Å²) in [5, 5.41) is 7.59. The molecule has 12 aromatic carbocycles. The fraction of sp³-hybridized carbons (Fsp3) is 0.0556. The molecule has 73 heavy (non-hydrogen) atoms. The Labute approximate surface area is 425 Å². The lowest BCUT2D eigenvalue weighted by molar-refractivity contribution is 0.730. The van der Waals surface area contributed by atoms with Crippen LogP contribution in [0, 0.1) is 13.8 Å². The summed E-state index contributed by atoms with van der Waals surface area (Å²) < 4.78 is 2.43. The quantitative estimate of drug-likeness (QED) is 0.140. The summed E-state index contributed by atoms with van der Waals surface area (Å²) in [7, 11) is 0. The van der Waals surface area contributed by atoms with Crippen LogP contribution in [0.25, 0.3) is 82.4 Å². The van der Waals surface area contributed by atoms with Gasteiger partial charge in [-0.15, -0.1) is 0 Å². The van der Waals surface area contributed by atoms with Gasteiger partial charge < -0.3 is 4.57 Å². The Bertz CT molecular complexity index is 4180. The Morgan fingerprint density at radius 3 is 0.959 bits per heavy atom. The predicted octanol–water partition coefficient (Wildman–Crippen LogP) is 18.1. The molecule has 1 nitrogen and oxygen atoms in total. The molecular formula is C72H49N. The van der Waals surface area contributed by atoms with Crippen LogP contribution in [0.2, 0.25) is 0 Å². The highest BCUT2D eigenvalue weighted by Gasteiger charge is 2.56. The van der Waals surface area contributed by atoms with Crippen molar-refractivity contribution < 1.29 is 0 Å². The fourth-order valence-electron chi connectivity index (χ4n) is 13.8. The molecule has 0 atom stereocenters. The van der Waals surface area contributed by atoms with Crippen LogP contribution in [0.1, 0.15) is 55.6 Å². The van der Waals surface area contributed by atoms with Crippen molar-refractivity contribution in [3.8, 4) is 39.1 Å². The molecule has 0 aliphatic heterocycles. The highest BCUT2D eigenvalue weighted by Crippen LogP contribution is 2.67. The van der Waals surface area contributed by atoms with Crippen molar-refractivity contribution >= 4 is 43.4 Å². The molecule has 0 spiro atoms. The van der Waals surface area contributed by atoms with E-state index in [9.17, 15) is 0 Å². The highest BCUT2D eigenvalue weighted by molar-refractivity contribution is 6.21. The van der Waals surface area contributed by atoms with E-state index in [1.807, 2.05) is 0 Å². The predicted molar refractivity (Wildman–Crippen MR) is 305 cm³/mol. The molecule has 0 fully saturated rings. The standard InChI is InChI=1S/C72H49N/c1-46-42-61-69-63(44-46)72(51-24-10-5-11-25-51,53-38-40-54(41-39-53)73-65-32-18-16-26-55(65)56-27-17-19-33-66(56)73)64-45-47(2)43-62(70(64)69)71(61,50-22-8-4-9-23-50)52-36-34-49(35-37-52)68-59-30-14-12-28-57(59)67(48-20-6-3-7-21-48)58-29-13-15-31-60(58)68/h3-45H,1-2H3. The number of aryl methyl sites for hydroxylation is 2. The second-order valence-corrected chi connectivity index (χ2v) is 20.4. The summed E-state index contributed by atoms with van der Waals surface area (Å²) in [6.07, 6.45) is 0. The second-order valence-electron chi connectivity index (χ2n) is 20.4. The fourth-order valence-corrected chi connectivity index (χ4v) is 13.8. The monoisotopic (exact) mass is 927 g/mol. The molecule has 1 heterocycles. The first-order valence-corrected chi connectivity index (χ1v) is 25.7. The average molecular weight is 928 g/mol. The van der Waals surface area contributed by atoms with Gasteiger partial charge in [0.25, 0.3) is 0 Å². The minimum absolute atomic E-state index is 0.562. The third-order valence-electron chi connectivity index (χ3n) is 16.6. The Kier molecular flexibility index (Phi) is 8.99. The third-order valence-corrected chi connectivity index (χ3v) is 16.6. The Hall–Kier alpha value is -9.04. The molecule has 2 aliphatic rings. The molecule has 0 bridgehead atoms. The SMILES string of the molecule is Cc1cc2c3c(c1)C(c1ccccc1)(c1ccc(-n4c5ccccc5c5ccccc54)cc1)c1cc(C)cc(c1-3)C2(c1ccccc1)c1ccc(-c2c3ccccc3c(-c3ccccc3)c3ccccc23)cc1. The van der Waals surface area contributed by atoms with Gasteiger partial charge in [0.2, 0.25) is 0 Å². The molecule has 1 heteroatoms. The van der Waals surface area contributed by atoms with Crippen LogP contribution in [0.15, 0.2) is 261 Å². The van der Waals surface area contributed by atoms with E-state index in [1.165, 1.54) is 132 Å². The molecule has 1 aromatic heterocycles. The van der Waals surface area contributed by atoms with Crippen LogP contribution in [0.4, 0.5) is 0 Å². The van der Waals surface area contributed by atoms with E-state index in [4.69, 9.17) is 0 Å². The van der Waals surface area contributed by atoms with Gasteiger partial charge >= 0.3 is 0 Å². The van der Waals surface area contributed by atoms with Crippen molar-refractivity contribution in [1.29, 1.82) is 0 Å². The lowest BCUT2D eigenvalue weighted by Crippen LogP contribution is -2.33. The third kappa shape index (κ3) is 5.68. The minimum atomic E-state index is -0.573. The van der Waals surface area contributed by atoms with Crippen LogP contribution >= 0.6 is 0 Å². The number of aromatic nitrogens is 1. The summed E-state index contributed by atoms with van der Waals surface area (Å²) in [6, 6.07) is 98.3. The number of fused-ring (bicyclic) bond motifs is 5. The van der Waals surface area contributed by atoms with Crippen molar-refractivity contribution in [3.63, 3.8) is 0 Å². The van der Waals surface area contributed by atoms with Gasteiger partial charge in [0.1, 0.15) is 0 Å². The number of hydrogen-bond acceptors (Lipinski definition) is 0. The van der Waals surface area contributed by atoms with Gasteiger partial charge in [-0.3, -0.25) is 0 Å². The van der Waals surface area contributed by atoms with E-state index in [0.29, 0.717) is 0 Å². The maximum atomic E-state index is 2.51. The van der Waals surface area contributed by atoms with E-state index in [-0.39, 0.29) is 0 Å². The highest BCUT2D eigenvalue weighted by atomic mass is 15.0. The van der Waals surface area contributed by atoms with Crippen LogP contribution in [-0.4, -0.2) is 4.57 Å². The van der Waals surface area contributed by atoms with Crippen LogP contribution in [0.3, 0.4) is 0 Å². The maximum Gasteiger partial charge on any atom is 0.0714 e. The van der Waals surface area contributed by atoms with Crippen molar-refractivity contribution in [1.82, 2.24) is 4.57 Å². The largest absolute Gasteiger partial charge is 0.309 e. The molecule has 0 saturated carbocycles. The summed E-state index contributed by atoms with van der Waals surface area (Å²) in [4.78, 5) is 0. The maximum absolute atomic E-state index is 2.51. The molecule has 0 saturated heterocycles. The van der Waals surface area contributed by atoms with Gasteiger partial charge in [0.05, 0.1) is 21.9 Å². The van der Waals surface area contributed by atoms with Gasteiger partial charge in [-0.25, -0.2) is 0 Å². The molecule has 15 rings (SSSR count). The zero-order valence-corrected chi connectivity index (χ0v) is 40.8. The normalized spacial score (nSPS) is 13.8. The Balaban J connectivity index is 0.964. The molecule has 2 aliphatic carbocycles. The number of benzene rings is 12. The molecule has 13 aromatic rings. The van der Waals surface area contributed by atoms with Gasteiger partial charge in [-0.1, -0.05) is 248 Å². The number of nitrogens with zero attached hydrogens (tertiary/aromatic N) is 1. The molecule has 0 unspecified atom stereocenters.